The number of carbonyl (C=O) groups excluding carboxylic acids is 2. The molecule has 1 N–H and O–H groups in total. The number of likely N-dealkylation sites (N-methyl/N-ethyl adjacent to an activating group) is 1. The van der Waals surface area contributed by atoms with E-state index in [-0.39, 0.29) is 11.8 Å². The zero-order valence-electron chi connectivity index (χ0n) is 13.5. The predicted molar refractivity (Wildman–Crippen MR) is 93.6 cm³/mol. The van der Waals surface area contributed by atoms with Gasteiger partial charge >= 0.3 is 0 Å². The van der Waals surface area contributed by atoms with E-state index in [2.05, 4.69) is 5.32 Å². The molecule has 2 aromatic rings. The van der Waals surface area contributed by atoms with Crippen LogP contribution in [-0.4, -0.2) is 23.3 Å². The van der Waals surface area contributed by atoms with Gasteiger partial charge in [0.05, 0.1) is 6.42 Å². The maximum atomic E-state index is 12.8. The Bertz CT molecular complexity index is 775. The SMILES string of the molecule is CCN1C(=O)Cc2ccccc2[C@H]1C(=O)NCc1ccccc1Cl. The summed E-state index contributed by atoms with van der Waals surface area (Å²) in [6, 6.07) is 14.4. The summed E-state index contributed by atoms with van der Waals surface area (Å²) in [7, 11) is 0. The molecular formula is C19H19ClN2O2. The molecule has 2 aromatic carbocycles. The molecule has 4 nitrogen and oxygen atoms in total. The molecule has 0 fully saturated rings. The highest BCUT2D eigenvalue weighted by Crippen LogP contribution is 2.30. The first kappa shape index (κ1) is 16.5. The van der Waals surface area contributed by atoms with Crippen LogP contribution in [0, 0.1) is 0 Å². The van der Waals surface area contributed by atoms with Gasteiger partial charge < -0.3 is 10.2 Å². The van der Waals surface area contributed by atoms with Gasteiger partial charge in [0.2, 0.25) is 11.8 Å². The Morgan fingerprint density at radius 1 is 1.21 bits per heavy atom. The maximum absolute atomic E-state index is 12.8. The van der Waals surface area contributed by atoms with Crippen molar-refractivity contribution in [1.82, 2.24) is 10.2 Å². The second-order valence-corrected chi connectivity index (χ2v) is 6.17. The first-order valence-corrected chi connectivity index (χ1v) is 8.38. The Morgan fingerprint density at radius 2 is 1.92 bits per heavy atom. The summed E-state index contributed by atoms with van der Waals surface area (Å²) < 4.78 is 0. The van der Waals surface area contributed by atoms with E-state index < -0.39 is 6.04 Å². The van der Waals surface area contributed by atoms with Gasteiger partial charge in [-0.15, -0.1) is 0 Å². The lowest BCUT2D eigenvalue weighted by Crippen LogP contribution is -2.47. The standard InChI is InChI=1S/C19H19ClN2O2/c1-2-22-17(23)11-13-7-3-5-9-15(13)18(22)19(24)21-12-14-8-4-6-10-16(14)20/h3-10,18H,2,11-12H2,1H3,(H,21,24)/t18-/m0/s1. The number of fused-ring (bicyclic) bond motifs is 1. The molecule has 124 valence electrons. The Balaban J connectivity index is 1.84. The average Bonchev–Trinajstić information content (AvgIpc) is 2.59. The summed E-state index contributed by atoms with van der Waals surface area (Å²) in [5.41, 5.74) is 2.67. The van der Waals surface area contributed by atoms with Crippen molar-refractivity contribution in [3.05, 3.63) is 70.2 Å². The molecule has 0 spiro atoms. The van der Waals surface area contributed by atoms with Gasteiger partial charge in [-0.05, 0) is 29.7 Å². The molecule has 0 radical (unpaired) electrons. The average molecular weight is 343 g/mol. The molecule has 3 rings (SSSR count). The van der Waals surface area contributed by atoms with Gasteiger partial charge in [-0.25, -0.2) is 0 Å². The highest BCUT2D eigenvalue weighted by atomic mass is 35.5. The molecule has 0 bridgehead atoms. The van der Waals surface area contributed by atoms with Gasteiger partial charge in [-0.2, -0.15) is 0 Å². The van der Waals surface area contributed by atoms with Crippen molar-refractivity contribution in [2.24, 2.45) is 0 Å². The van der Waals surface area contributed by atoms with E-state index in [1.807, 2.05) is 49.4 Å². The minimum absolute atomic E-state index is 0.0194. The fourth-order valence-corrected chi connectivity index (χ4v) is 3.30. The molecular weight excluding hydrogens is 324 g/mol. The van der Waals surface area contributed by atoms with E-state index in [4.69, 9.17) is 11.6 Å². The molecule has 5 heteroatoms. The largest absolute Gasteiger partial charge is 0.350 e. The third-order valence-electron chi connectivity index (χ3n) is 4.32. The van der Waals surface area contributed by atoms with Gasteiger partial charge in [0.1, 0.15) is 6.04 Å². The number of rotatable bonds is 4. The van der Waals surface area contributed by atoms with Crippen molar-refractivity contribution in [2.75, 3.05) is 6.54 Å². The molecule has 1 aliphatic rings. The number of hydrogen-bond acceptors (Lipinski definition) is 2. The highest BCUT2D eigenvalue weighted by Gasteiger charge is 2.35. The molecule has 0 aromatic heterocycles. The number of benzene rings is 2. The van der Waals surface area contributed by atoms with Crippen molar-refractivity contribution in [2.45, 2.75) is 25.9 Å². The fraction of sp³-hybridized carbons (Fsp3) is 0.263. The van der Waals surface area contributed by atoms with Crippen LogP contribution in [0.2, 0.25) is 5.02 Å². The van der Waals surface area contributed by atoms with Gasteiger partial charge in [0.25, 0.3) is 0 Å². The van der Waals surface area contributed by atoms with Crippen LogP contribution < -0.4 is 5.32 Å². The lowest BCUT2D eigenvalue weighted by atomic mass is 9.91. The minimum atomic E-state index is -0.588. The van der Waals surface area contributed by atoms with Crippen LogP contribution in [0.4, 0.5) is 0 Å². The van der Waals surface area contributed by atoms with Crippen LogP contribution in [0.25, 0.3) is 0 Å². The van der Waals surface area contributed by atoms with Gasteiger partial charge in [0, 0.05) is 18.1 Å². The van der Waals surface area contributed by atoms with E-state index in [0.717, 1.165) is 16.7 Å². The Labute approximate surface area is 146 Å². The van der Waals surface area contributed by atoms with E-state index in [1.54, 1.807) is 11.0 Å². The summed E-state index contributed by atoms with van der Waals surface area (Å²) in [5, 5.41) is 3.53. The maximum Gasteiger partial charge on any atom is 0.247 e. The number of nitrogens with zero attached hydrogens (tertiary/aromatic N) is 1. The molecule has 0 saturated carbocycles. The molecule has 1 aliphatic heterocycles. The molecule has 0 unspecified atom stereocenters. The quantitative estimate of drug-likeness (QED) is 0.928. The number of carbonyl (C=O) groups is 2. The van der Waals surface area contributed by atoms with Crippen LogP contribution in [0.15, 0.2) is 48.5 Å². The number of nitrogens with one attached hydrogen (secondary N) is 1. The third kappa shape index (κ3) is 3.15. The van der Waals surface area contributed by atoms with Crippen LogP contribution >= 0.6 is 11.6 Å². The topological polar surface area (TPSA) is 49.4 Å². The Hall–Kier alpha value is -2.33. The highest BCUT2D eigenvalue weighted by molar-refractivity contribution is 6.31. The molecule has 0 saturated heterocycles. The molecule has 2 amide bonds. The second kappa shape index (κ2) is 7.05. The van der Waals surface area contributed by atoms with Crippen molar-refractivity contribution in [3.8, 4) is 0 Å². The first-order valence-electron chi connectivity index (χ1n) is 8.00. The summed E-state index contributed by atoms with van der Waals surface area (Å²) >= 11 is 6.14. The molecule has 1 atom stereocenters. The summed E-state index contributed by atoms with van der Waals surface area (Å²) in [6.45, 7) is 2.72. The van der Waals surface area contributed by atoms with Crippen molar-refractivity contribution >= 4 is 23.4 Å². The van der Waals surface area contributed by atoms with Crippen LogP contribution in [0.1, 0.15) is 29.7 Å². The van der Waals surface area contributed by atoms with Crippen LogP contribution in [-0.2, 0) is 22.6 Å². The van der Waals surface area contributed by atoms with Gasteiger partial charge in [-0.3, -0.25) is 9.59 Å². The third-order valence-corrected chi connectivity index (χ3v) is 4.69. The Kier molecular flexibility index (Phi) is 4.86. The predicted octanol–water partition coefficient (Wildman–Crippen LogP) is 3.10. The first-order chi connectivity index (χ1) is 11.6. The van der Waals surface area contributed by atoms with E-state index in [9.17, 15) is 9.59 Å². The zero-order valence-corrected chi connectivity index (χ0v) is 14.2. The van der Waals surface area contributed by atoms with Crippen LogP contribution in [0.5, 0.6) is 0 Å². The number of amides is 2. The lowest BCUT2D eigenvalue weighted by molar-refractivity contribution is -0.141. The number of hydrogen-bond donors (Lipinski definition) is 1. The van der Waals surface area contributed by atoms with Crippen LogP contribution in [0.3, 0.4) is 0 Å². The lowest BCUT2D eigenvalue weighted by Gasteiger charge is -2.35. The normalized spacial score (nSPS) is 16.7. The van der Waals surface area contributed by atoms with Gasteiger partial charge in [0.15, 0.2) is 0 Å². The fourth-order valence-electron chi connectivity index (χ4n) is 3.10. The molecule has 24 heavy (non-hydrogen) atoms. The zero-order chi connectivity index (χ0) is 17.1. The minimum Gasteiger partial charge on any atom is -0.350 e. The van der Waals surface area contributed by atoms with E-state index in [1.165, 1.54) is 0 Å². The Morgan fingerprint density at radius 3 is 2.67 bits per heavy atom. The second-order valence-electron chi connectivity index (χ2n) is 5.77. The summed E-state index contributed by atoms with van der Waals surface area (Å²) in [6.07, 6.45) is 0.346. The monoisotopic (exact) mass is 342 g/mol. The van der Waals surface area contributed by atoms with E-state index >= 15 is 0 Å². The smallest absolute Gasteiger partial charge is 0.247 e. The number of halogens is 1. The summed E-state index contributed by atoms with van der Waals surface area (Å²) in [4.78, 5) is 26.8. The van der Waals surface area contributed by atoms with E-state index in [0.29, 0.717) is 24.5 Å². The van der Waals surface area contributed by atoms with Crippen molar-refractivity contribution in [3.63, 3.8) is 0 Å². The van der Waals surface area contributed by atoms with Crippen molar-refractivity contribution in [1.29, 1.82) is 0 Å². The van der Waals surface area contributed by atoms with Crippen molar-refractivity contribution < 1.29 is 9.59 Å². The molecule has 0 aliphatic carbocycles. The van der Waals surface area contributed by atoms with Gasteiger partial charge in [-0.1, -0.05) is 54.1 Å². The molecule has 1 heterocycles. The summed E-state index contributed by atoms with van der Waals surface area (Å²) in [5.74, 6) is -0.202.